The smallest absolute Gasteiger partial charge is 0.258 e. The van der Waals surface area contributed by atoms with Crippen LogP contribution in [-0.2, 0) is 7.05 Å². The van der Waals surface area contributed by atoms with Crippen LogP contribution in [-0.4, -0.2) is 52.4 Å². The first-order chi connectivity index (χ1) is 11.5. The van der Waals surface area contributed by atoms with Crippen LogP contribution < -0.4 is 0 Å². The number of amides is 2. The van der Waals surface area contributed by atoms with Crippen molar-refractivity contribution in [3.8, 4) is 0 Å². The van der Waals surface area contributed by atoms with E-state index in [-0.39, 0.29) is 16.5 Å². The van der Waals surface area contributed by atoms with E-state index in [1.807, 2.05) is 17.8 Å². The summed E-state index contributed by atoms with van der Waals surface area (Å²) in [5.74, 6) is -1.13. The minimum absolute atomic E-state index is 0.0633. The fraction of sp³-hybridized carbons (Fsp3) is 0.294. The van der Waals surface area contributed by atoms with Crippen LogP contribution in [0.25, 0.3) is 0 Å². The number of carbonyl (C=O) groups excluding carboxylic acids is 2. The van der Waals surface area contributed by atoms with Gasteiger partial charge in [0.25, 0.3) is 11.8 Å². The van der Waals surface area contributed by atoms with Crippen molar-refractivity contribution in [1.29, 1.82) is 0 Å². The molecule has 5 nitrogen and oxygen atoms in total. The molecular formula is C17H17ClFN3O2. The number of aryl methyl sites for hydroxylation is 1. The fourth-order valence-electron chi connectivity index (χ4n) is 2.79. The van der Waals surface area contributed by atoms with E-state index in [2.05, 4.69) is 0 Å². The molecule has 0 aliphatic carbocycles. The monoisotopic (exact) mass is 349 g/mol. The highest BCUT2D eigenvalue weighted by Gasteiger charge is 2.28. The molecule has 1 fully saturated rings. The molecule has 0 bridgehead atoms. The molecule has 0 atom stereocenters. The van der Waals surface area contributed by atoms with E-state index in [0.29, 0.717) is 31.7 Å². The number of benzene rings is 1. The minimum Gasteiger partial charge on any atom is -0.356 e. The molecule has 1 aromatic carbocycles. The summed E-state index contributed by atoms with van der Waals surface area (Å²) in [6.45, 7) is 1.52. The van der Waals surface area contributed by atoms with Crippen molar-refractivity contribution < 1.29 is 14.0 Å². The summed E-state index contributed by atoms with van der Waals surface area (Å²) in [4.78, 5) is 28.1. The van der Waals surface area contributed by atoms with Gasteiger partial charge in [0.05, 0.1) is 16.1 Å². The molecule has 0 spiro atoms. The quantitative estimate of drug-likeness (QED) is 0.836. The molecule has 24 heavy (non-hydrogen) atoms. The Morgan fingerprint density at radius 2 is 1.67 bits per heavy atom. The second kappa shape index (κ2) is 6.65. The van der Waals surface area contributed by atoms with Gasteiger partial charge in [-0.1, -0.05) is 17.7 Å². The summed E-state index contributed by atoms with van der Waals surface area (Å²) in [6.07, 6.45) is 3.58. The van der Waals surface area contributed by atoms with Gasteiger partial charge < -0.3 is 14.4 Å². The first-order valence-electron chi connectivity index (χ1n) is 7.62. The molecule has 1 aliphatic rings. The Kier molecular flexibility index (Phi) is 4.57. The molecule has 0 radical (unpaired) electrons. The van der Waals surface area contributed by atoms with Gasteiger partial charge >= 0.3 is 0 Å². The molecule has 1 aliphatic heterocycles. The molecule has 2 aromatic rings. The maximum Gasteiger partial charge on any atom is 0.258 e. The number of hydrogen-bond donors (Lipinski definition) is 0. The van der Waals surface area contributed by atoms with Gasteiger partial charge in [-0.2, -0.15) is 0 Å². The molecule has 0 N–H and O–H groups in total. The lowest BCUT2D eigenvalue weighted by molar-refractivity contribution is 0.0533. The van der Waals surface area contributed by atoms with Gasteiger partial charge in [0.1, 0.15) is 5.82 Å². The third-order valence-corrected chi connectivity index (χ3v) is 4.42. The largest absolute Gasteiger partial charge is 0.356 e. The summed E-state index contributed by atoms with van der Waals surface area (Å²) in [6, 6.07) is 5.94. The zero-order valence-electron chi connectivity index (χ0n) is 13.2. The lowest BCUT2D eigenvalue weighted by Crippen LogP contribution is -2.50. The fourth-order valence-corrected chi connectivity index (χ4v) is 3.03. The van der Waals surface area contributed by atoms with Crippen molar-refractivity contribution in [2.45, 2.75) is 0 Å². The van der Waals surface area contributed by atoms with E-state index >= 15 is 0 Å². The number of halogens is 2. The maximum atomic E-state index is 13.9. The van der Waals surface area contributed by atoms with Gasteiger partial charge in [0.2, 0.25) is 0 Å². The lowest BCUT2D eigenvalue weighted by atomic mass is 10.1. The van der Waals surface area contributed by atoms with E-state index in [1.165, 1.54) is 23.1 Å². The average Bonchev–Trinajstić information content (AvgIpc) is 3.00. The van der Waals surface area contributed by atoms with Gasteiger partial charge in [-0.3, -0.25) is 9.59 Å². The van der Waals surface area contributed by atoms with Crippen LogP contribution in [0.3, 0.4) is 0 Å². The average molecular weight is 350 g/mol. The van der Waals surface area contributed by atoms with Gasteiger partial charge in [-0.25, -0.2) is 4.39 Å². The van der Waals surface area contributed by atoms with E-state index in [1.54, 1.807) is 17.2 Å². The molecule has 1 aromatic heterocycles. The first-order valence-corrected chi connectivity index (χ1v) is 7.99. The third kappa shape index (κ3) is 3.14. The van der Waals surface area contributed by atoms with Crippen LogP contribution in [0.15, 0.2) is 36.7 Å². The van der Waals surface area contributed by atoms with E-state index in [4.69, 9.17) is 11.6 Å². The van der Waals surface area contributed by atoms with Crippen molar-refractivity contribution in [3.05, 3.63) is 58.6 Å². The van der Waals surface area contributed by atoms with Crippen molar-refractivity contribution in [2.75, 3.05) is 26.2 Å². The van der Waals surface area contributed by atoms with E-state index in [9.17, 15) is 14.0 Å². The normalized spacial score (nSPS) is 14.8. The number of piperazine rings is 1. The highest BCUT2D eigenvalue weighted by atomic mass is 35.5. The topological polar surface area (TPSA) is 45.6 Å². The summed E-state index contributed by atoms with van der Waals surface area (Å²) in [5.41, 5.74) is 0.511. The van der Waals surface area contributed by atoms with Crippen molar-refractivity contribution in [2.24, 2.45) is 7.05 Å². The molecule has 126 valence electrons. The second-order valence-electron chi connectivity index (χ2n) is 5.75. The van der Waals surface area contributed by atoms with Gasteiger partial charge in [0, 0.05) is 45.6 Å². The van der Waals surface area contributed by atoms with E-state index in [0.717, 1.165) is 0 Å². The Bertz CT molecular complexity index is 762. The number of nitrogens with zero attached hydrogens (tertiary/aromatic N) is 3. The molecular weight excluding hydrogens is 333 g/mol. The zero-order chi connectivity index (χ0) is 17.3. The Labute approximate surface area is 144 Å². The van der Waals surface area contributed by atoms with Crippen LogP contribution in [0, 0.1) is 5.82 Å². The molecule has 0 saturated carbocycles. The number of rotatable bonds is 2. The molecule has 1 saturated heterocycles. The van der Waals surface area contributed by atoms with E-state index < -0.39 is 11.7 Å². The summed E-state index contributed by atoms with van der Waals surface area (Å²) < 4.78 is 15.7. The van der Waals surface area contributed by atoms with Crippen LogP contribution in [0.2, 0.25) is 5.02 Å². The Balaban J connectivity index is 1.67. The van der Waals surface area contributed by atoms with Gasteiger partial charge in [-0.15, -0.1) is 0 Å². The SMILES string of the molecule is Cn1ccc(C(=O)N2CCN(C(=O)c3c(F)cccc3Cl)CC2)c1. The van der Waals surface area contributed by atoms with Crippen LogP contribution in [0.1, 0.15) is 20.7 Å². The summed E-state index contributed by atoms with van der Waals surface area (Å²) >= 11 is 5.95. The van der Waals surface area contributed by atoms with Gasteiger partial charge in [-0.05, 0) is 18.2 Å². The molecule has 7 heteroatoms. The standard InChI is InChI=1S/C17H17ClFN3O2/c1-20-6-5-12(11-20)16(23)21-7-9-22(10-8-21)17(24)15-13(18)3-2-4-14(15)19/h2-6,11H,7-10H2,1H3. The molecule has 3 rings (SSSR count). The summed E-state index contributed by atoms with van der Waals surface area (Å²) in [7, 11) is 1.85. The molecule has 0 unspecified atom stereocenters. The minimum atomic E-state index is -0.629. The van der Waals surface area contributed by atoms with Crippen molar-refractivity contribution in [1.82, 2.24) is 14.4 Å². The van der Waals surface area contributed by atoms with Crippen LogP contribution in [0.5, 0.6) is 0 Å². The highest BCUT2D eigenvalue weighted by molar-refractivity contribution is 6.33. The van der Waals surface area contributed by atoms with Gasteiger partial charge in [0.15, 0.2) is 0 Å². The number of aromatic nitrogens is 1. The Morgan fingerprint density at radius 3 is 2.21 bits per heavy atom. The number of hydrogen-bond acceptors (Lipinski definition) is 2. The van der Waals surface area contributed by atoms with Crippen LogP contribution >= 0.6 is 11.6 Å². The highest BCUT2D eigenvalue weighted by Crippen LogP contribution is 2.21. The lowest BCUT2D eigenvalue weighted by Gasteiger charge is -2.34. The molecule has 2 amide bonds. The number of carbonyl (C=O) groups is 2. The van der Waals surface area contributed by atoms with Crippen LogP contribution in [0.4, 0.5) is 4.39 Å². The predicted molar refractivity (Wildman–Crippen MR) is 88.6 cm³/mol. The predicted octanol–water partition coefficient (Wildman–Crippen LogP) is 2.42. The maximum absolute atomic E-state index is 13.9. The summed E-state index contributed by atoms with van der Waals surface area (Å²) in [5, 5.41) is 0.0998. The molecule has 2 heterocycles. The Hall–Kier alpha value is -2.34. The van der Waals surface area contributed by atoms with Crippen molar-refractivity contribution >= 4 is 23.4 Å². The second-order valence-corrected chi connectivity index (χ2v) is 6.15. The first kappa shape index (κ1) is 16.5. The zero-order valence-corrected chi connectivity index (χ0v) is 14.0. The van der Waals surface area contributed by atoms with Crippen molar-refractivity contribution in [3.63, 3.8) is 0 Å². The third-order valence-electron chi connectivity index (χ3n) is 4.11. The Morgan fingerprint density at radius 1 is 1.04 bits per heavy atom.